The number of carbonyl (C=O) groups is 1. The monoisotopic (exact) mass is 422 g/mol. The Kier molecular flexibility index (Phi) is 7.48. The van der Waals surface area contributed by atoms with Gasteiger partial charge in [0.05, 0.1) is 35.5 Å². The summed E-state index contributed by atoms with van der Waals surface area (Å²) in [6.45, 7) is 0.368. The third-order valence-electron chi connectivity index (χ3n) is 5.10. The van der Waals surface area contributed by atoms with Gasteiger partial charge >= 0.3 is 0 Å². The summed E-state index contributed by atoms with van der Waals surface area (Å²) in [7, 11) is 0. The van der Waals surface area contributed by atoms with Crippen LogP contribution in [0.15, 0.2) is 30.5 Å². The van der Waals surface area contributed by atoms with Crippen LogP contribution in [-0.2, 0) is 6.54 Å². The zero-order valence-corrected chi connectivity index (χ0v) is 17.0. The predicted molar refractivity (Wildman–Crippen MR) is 111 cm³/mol. The molecular weight excluding hydrogens is 399 g/mol. The molecular formula is C20H24Cl2N4O2. The number of hydrogen-bond acceptors (Lipinski definition) is 5. The standard InChI is InChI=1S/C20H24Cl2N4O2/c21-17-7-6-14(24-11-15-8-9-23-20(22)25-15)10-16(17)19(28)26-18(12-27)13-4-2-1-3-5-13/h6-10,13,18,24,27H,1-5,11-12H2,(H,26,28)/t18-/m1/s1. The fourth-order valence-electron chi connectivity index (χ4n) is 3.57. The van der Waals surface area contributed by atoms with Crippen molar-refractivity contribution < 1.29 is 9.90 Å². The van der Waals surface area contributed by atoms with E-state index in [0.29, 0.717) is 23.0 Å². The second kappa shape index (κ2) is 10.0. The molecule has 1 atom stereocenters. The molecule has 0 unspecified atom stereocenters. The number of anilines is 1. The van der Waals surface area contributed by atoms with E-state index in [1.807, 2.05) is 0 Å². The number of amides is 1. The number of aliphatic hydroxyl groups excluding tert-OH is 1. The summed E-state index contributed by atoms with van der Waals surface area (Å²) in [6.07, 6.45) is 7.16. The van der Waals surface area contributed by atoms with Gasteiger partial charge in [0.2, 0.25) is 5.28 Å². The SMILES string of the molecule is O=C(N[C@H](CO)C1CCCCC1)c1cc(NCc2ccnc(Cl)n2)ccc1Cl. The van der Waals surface area contributed by atoms with Crippen LogP contribution in [0.3, 0.4) is 0 Å². The van der Waals surface area contributed by atoms with Crippen LogP contribution in [0.2, 0.25) is 10.3 Å². The van der Waals surface area contributed by atoms with Crippen molar-refractivity contribution in [3.63, 3.8) is 0 Å². The highest BCUT2D eigenvalue weighted by atomic mass is 35.5. The Labute approximate surface area is 174 Å². The van der Waals surface area contributed by atoms with Gasteiger partial charge in [-0.3, -0.25) is 4.79 Å². The average molecular weight is 423 g/mol. The molecule has 0 spiro atoms. The molecule has 6 nitrogen and oxygen atoms in total. The Hall–Kier alpha value is -1.89. The lowest BCUT2D eigenvalue weighted by Crippen LogP contribution is -2.43. The van der Waals surface area contributed by atoms with E-state index in [9.17, 15) is 9.90 Å². The van der Waals surface area contributed by atoms with Crippen molar-refractivity contribution in [2.24, 2.45) is 5.92 Å². The first kappa shape index (κ1) is 20.8. The first-order valence-corrected chi connectivity index (χ1v) is 10.2. The minimum atomic E-state index is -0.275. The van der Waals surface area contributed by atoms with Gasteiger partial charge in [-0.05, 0) is 54.6 Å². The van der Waals surface area contributed by atoms with E-state index < -0.39 is 0 Å². The van der Waals surface area contributed by atoms with Crippen LogP contribution >= 0.6 is 23.2 Å². The third-order valence-corrected chi connectivity index (χ3v) is 5.61. The van der Waals surface area contributed by atoms with Crippen LogP contribution < -0.4 is 10.6 Å². The Balaban J connectivity index is 1.66. The molecule has 3 rings (SSSR count). The Morgan fingerprint density at radius 1 is 1.21 bits per heavy atom. The molecule has 0 saturated heterocycles. The van der Waals surface area contributed by atoms with Crippen LogP contribution in [0.4, 0.5) is 5.69 Å². The van der Waals surface area contributed by atoms with Crippen LogP contribution in [0.1, 0.15) is 48.2 Å². The quantitative estimate of drug-likeness (QED) is 0.585. The number of aromatic nitrogens is 2. The van der Waals surface area contributed by atoms with Gasteiger partial charge in [-0.1, -0.05) is 30.9 Å². The van der Waals surface area contributed by atoms with Gasteiger partial charge in [0.15, 0.2) is 0 Å². The van der Waals surface area contributed by atoms with E-state index in [1.165, 1.54) is 6.42 Å². The maximum Gasteiger partial charge on any atom is 0.253 e. The topological polar surface area (TPSA) is 87.1 Å². The molecule has 8 heteroatoms. The minimum absolute atomic E-state index is 0.0690. The summed E-state index contributed by atoms with van der Waals surface area (Å²) in [5.41, 5.74) is 1.85. The van der Waals surface area contributed by atoms with E-state index >= 15 is 0 Å². The summed E-state index contributed by atoms with van der Waals surface area (Å²) in [5.74, 6) is 0.0358. The van der Waals surface area contributed by atoms with Gasteiger partial charge in [0, 0.05) is 11.9 Å². The number of aliphatic hydroxyl groups is 1. The normalized spacial score (nSPS) is 15.8. The van der Waals surface area contributed by atoms with Crippen molar-refractivity contribution in [1.82, 2.24) is 15.3 Å². The molecule has 1 fully saturated rings. The first-order chi connectivity index (χ1) is 13.6. The lowest BCUT2D eigenvalue weighted by molar-refractivity contribution is 0.0871. The van der Waals surface area contributed by atoms with Crippen LogP contribution in [-0.4, -0.2) is 33.6 Å². The molecule has 150 valence electrons. The zero-order chi connectivity index (χ0) is 19.9. The van der Waals surface area contributed by atoms with E-state index in [4.69, 9.17) is 23.2 Å². The number of carbonyl (C=O) groups excluding carboxylic acids is 1. The highest BCUT2D eigenvalue weighted by Crippen LogP contribution is 2.27. The van der Waals surface area contributed by atoms with Crippen LogP contribution in [0.5, 0.6) is 0 Å². The van der Waals surface area contributed by atoms with Crippen LogP contribution in [0, 0.1) is 5.92 Å². The first-order valence-electron chi connectivity index (χ1n) is 9.49. The molecule has 1 aliphatic rings. The molecule has 2 aromatic rings. The van der Waals surface area contributed by atoms with Gasteiger partial charge in [-0.25, -0.2) is 9.97 Å². The number of benzene rings is 1. The number of hydrogen-bond donors (Lipinski definition) is 3. The fourth-order valence-corrected chi connectivity index (χ4v) is 3.93. The number of halogens is 2. The van der Waals surface area contributed by atoms with E-state index in [2.05, 4.69) is 20.6 Å². The number of nitrogens with zero attached hydrogens (tertiary/aromatic N) is 2. The highest BCUT2D eigenvalue weighted by Gasteiger charge is 2.25. The fraction of sp³-hybridized carbons (Fsp3) is 0.450. The summed E-state index contributed by atoms with van der Waals surface area (Å²) >= 11 is 12.1. The van der Waals surface area contributed by atoms with E-state index in [1.54, 1.807) is 30.5 Å². The summed E-state index contributed by atoms with van der Waals surface area (Å²) in [6, 6.07) is 6.70. The molecule has 0 bridgehead atoms. The maximum absolute atomic E-state index is 12.8. The molecule has 0 aliphatic heterocycles. The second-order valence-electron chi connectivity index (χ2n) is 7.03. The molecule has 28 heavy (non-hydrogen) atoms. The third kappa shape index (κ3) is 5.56. The van der Waals surface area contributed by atoms with Gasteiger partial charge < -0.3 is 15.7 Å². The lowest BCUT2D eigenvalue weighted by atomic mass is 9.84. The van der Waals surface area contributed by atoms with Crippen molar-refractivity contribution in [2.45, 2.75) is 44.7 Å². The predicted octanol–water partition coefficient (Wildman–Crippen LogP) is 4.07. The molecule has 1 aromatic carbocycles. The molecule has 1 heterocycles. The summed E-state index contributed by atoms with van der Waals surface area (Å²) in [5, 5.41) is 16.5. The number of nitrogens with one attached hydrogen (secondary N) is 2. The van der Waals surface area contributed by atoms with Gasteiger partial charge in [-0.2, -0.15) is 0 Å². The average Bonchev–Trinajstić information content (AvgIpc) is 2.72. The Morgan fingerprint density at radius 3 is 2.71 bits per heavy atom. The van der Waals surface area contributed by atoms with E-state index in [0.717, 1.165) is 37.1 Å². The highest BCUT2D eigenvalue weighted by molar-refractivity contribution is 6.34. The molecule has 1 saturated carbocycles. The van der Waals surface area contributed by atoms with Crippen molar-refractivity contribution in [1.29, 1.82) is 0 Å². The number of rotatable bonds is 7. The lowest BCUT2D eigenvalue weighted by Gasteiger charge is -2.29. The van der Waals surface area contributed by atoms with Crippen LogP contribution in [0.25, 0.3) is 0 Å². The Bertz CT molecular complexity index is 813. The largest absolute Gasteiger partial charge is 0.394 e. The molecule has 1 aliphatic carbocycles. The maximum atomic E-state index is 12.8. The van der Waals surface area contributed by atoms with Gasteiger partial charge in [0.25, 0.3) is 5.91 Å². The van der Waals surface area contributed by atoms with Crippen molar-refractivity contribution >= 4 is 34.8 Å². The van der Waals surface area contributed by atoms with Gasteiger partial charge in [-0.15, -0.1) is 0 Å². The molecule has 0 radical (unpaired) electrons. The zero-order valence-electron chi connectivity index (χ0n) is 15.5. The van der Waals surface area contributed by atoms with E-state index in [-0.39, 0.29) is 23.8 Å². The minimum Gasteiger partial charge on any atom is -0.394 e. The van der Waals surface area contributed by atoms with Crippen molar-refractivity contribution in [3.8, 4) is 0 Å². The molecule has 3 N–H and O–H groups in total. The molecule has 1 amide bonds. The second-order valence-corrected chi connectivity index (χ2v) is 7.77. The van der Waals surface area contributed by atoms with Crippen molar-refractivity contribution in [2.75, 3.05) is 11.9 Å². The summed E-state index contributed by atoms with van der Waals surface area (Å²) < 4.78 is 0. The van der Waals surface area contributed by atoms with Gasteiger partial charge in [0.1, 0.15) is 0 Å². The smallest absolute Gasteiger partial charge is 0.253 e. The molecule has 1 aromatic heterocycles. The Morgan fingerprint density at radius 2 is 2.00 bits per heavy atom. The van der Waals surface area contributed by atoms with Crippen molar-refractivity contribution in [3.05, 3.63) is 52.0 Å². The summed E-state index contributed by atoms with van der Waals surface area (Å²) in [4.78, 5) is 20.8.